The van der Waals surface area contributed by atoms with Gasteiger partial charge in [0.25, 0.3) is 0 Å². The number of hydrogen-bond donors (Lipinski definition) is 1. The molecular formula is C8H4F4O3. The first-order valence-electron chi connectivity index (χ1n) is 3.58. The standard InChI is InChI=1S/C8H4F4O3/c9-4-1-2-6(15-8(10,11)12)5(3-4)7(13)14/h1-3H,(H,13,14). The van der Waals surface area contributed by atoms with Crippen LogP contribution in [0.1, 0.15) is 10.4 Å². The Morgan fingerprint density at radius 1 is 1.33 bits per heavy atom. The number of alkyl halides is 3. The SMILES string of the molecule is O=C(O)c1cc(F)ccc1OC(F)(F)F. The van der Waals surface area contributed by atoms with Crippen molar-refractivity contribution in [3.8, 4) is 5.75 Å². The molecule has 0 aliphatic carbocycles. The van der Waals surface area contributed by atoms with Crippen molar-refractivity contribution >= 4 is 5.97 Å². The van der Waals surface area contributed by atoms with Crippen molar-refractivity contribution in [1.29, 1.82) is 0 Å². The van der Waals surface area contributed by atoms with Gasteiger partial charge in [-0.25, -0.2) is 9.18 Å². The van der Waals surface area contributed by atoms with E-state index in [2.05, 4.69) is 4.74 Å². The van der Waals surface area contributed by atoms with Gasteiger partial charge in [0.15, 0.2) is 0 Å². The first-order chi connectivity index (χ1) is 6.79. The molecule has 15 heavy (non-hydrogen) atoms. The fourth-order valence-electron chi connectivity index (χ4n) is 0.883. The van der Waals surface area contributed by atoms with Crippen LogP contribution in [0.3, 0.4) is 0 Å². The molecule has 0 aliphatic heterocycles. The summed E-state index contributed by atoms with van der Waals surface area (Å²) in [4.78, 5) is 10.4. The van der Waals surface area contributed by atoms with Crippen molar-refractivity contribution in [1.82, 2.24) is 0 Å². The van der Waals surface area contributed by atoms with Gasteiger partial charge in [-0.05, 0) is 18.2 Å². The molecule has 0 atom stereocenters. The van der Waals surface area contributed by atoms with Gasteiger partial charge < -0.3 is 9.84 Å². The predicted octanol–water partition coefficient (Wildman–Crippen LogP) is 2.42. The lowest BCUT2D eigenvalue weighted by Crippen LogP contribution is -2.19. The van der Waals surface area contributed by atoms with Crippen LogP contribution in [0.5, 0.6) is 5.75 Å². The van der Waals surface area contributed by atoms with Crippen LogP contribution in [0.25, 0.3) is 0 Å². The number of carboxylic acids is 1. The molecule has 0 bridgehead atoms. The van der Waals surface area contributed by atoms with Crippen molar-refractivity contribution in [2.24, 2.45) is 0 Å². The zero-order chi connectivity index (χ0) is 11.6. The number of aromatic carboxylic acids is 1. The minimum Gasteiger partial charge on any atom is -0.478 e. The summed E-state index contributed by atoms with van der Waals surface area (Å²) in [5.74, 6) is -3.60. The molecule has 0 aromatic heterocycles. The maximum atomic E-state index is 12.5. The van der Waals surface area contributed by atoms with E-state index >= 15 is 0 Å². The zero-order valence-corrected chi connectivity index (χ0v) is 7.01. The summed E-state index contributed by atoms with van der Waals surface area (Å²) in [6.45, 7) is 0. The van der Waals surface area contributed by atoms with Gasteiger partial charge in [0, 0.05) is 0 Å². The average Bonchev–Trinajstić information content (AvgIpc) is 2.05. The summed E-state index contributed by atoms with van der Waals surface area (Å²) in [5, 5.41) is 8.47. The molecule has 0 aliphatic rings. The van der Waals surface area contributed by atoms with Crippen molar-refractivity contribution < 1.29 is 32.2 Å². The summed E-state index contributed by atoms with van der Waals surface area (Å²) in [6, 6.07) is 1.73. The first kappa shape index (κ1) is 11.3. The third-order valence-electron chi connectivity index (χ3n) is 1.40. The van der Waals surface area contributed by atoms with Crippen LogP contribution in [-0.2, 0) is 0 Å². The number of halogens is 4. The topological polar surface area (TPSA) is 46.5 Å². The van der Waals surface area contributed by atoms with Crippen LogP contribution < -0.4 is 4.74 Å². The van der Waals surface area contributed by atoms with E-state index in [9.17, 15) is 22.4 Å². The molecule has 0 radical (unpaired) electrons. The molecule has 0 saturated carbocycles. The third kappa shape index (κ3) is 3.12. The zero-order valence-electron chi connectivity index (χ0n) is 7.01. The molecule has 1 aromatic rings. The smallest absolute Gasteiger partial charge is 0.478 e. The lowest BCUT2D eigenvalue weighted by molar-refractivity contribution is -0.274. The molecule has 7 heteroatoms. The number of hydrogen-bond acceptors (Lipinski definition) is 2. The van der Waals surface area contributed by atoms with E-state index < -0.39 is 29.5 Å². The summed E-state index contributed by atoms with van der Waals surface area (Å²) in [7, 11) is 0. The van der Waals surface area contributed by atoms with E-state index in [1.54, 1.807) is 0 Å². The van der Waals surface area contributed by atoms with Crippen molar-refractivity contribution in [3.05, 3.63) is 29.6 Å². The third-order valence-corrected chi connectivity index (χ3v) is 1.40. The maximum Gasteiger partial charge on any atom is 0.573 e. The second kappa shape index (κ2) is 3.76. The van der Waals surface area contributed by atoms with E-state index in [1.165, 1.54) is 0 Å². The van der Waals surface area contributed by atoms with E-state index in [0.29, 0.717) is 18.2 Å². The molecule has 0 unspecified atom stereocenters. The summed E-state index contributed by atoms with van der Waals surface area (Å²) in [5.41, 5.74) is -0.882. The van der Waals surface area contributed by atoms with Gasteiger partial charge >= 0.3 is 12.3 Å². The normalized spacial score (nSPS) is 11.2. The van der Waals surface area contributed by atoms with Gasteiger partial charge in [-0.2, -0.15) is 0 Å². The largest absolute Gasteiger partial charge is 0.573 e. The highest BCUT2D eigenvalue weighted by atomic mass is 19.4. The van der Waals surface area contributed by atoms with Crippen LogP contribution in [0, 0.1) is 5.82 Å². The Balaban J connectivity index is 3.12. The monoisotopic (exact) mass is 224 g/mol. The van der Waals surface area contributed by atoms with E-state index in [-0.39, 0.29) is 0 Å². The number of carbonyl (C=O) groups is 1. The highest BCUT2D eigenvalue weighted by molar-refractivity contribution is 5.90. The van der Waals surface area contributed by atoms with Crippen molar-refractivity contribution in [2.45, 2.75) is 6.36 Å². The van der Waals surface area contributed by atoms with Gasteiger partial charge in [0.1, 0.15) is 17.1 Å². The highest BCUT2D eigenvalue weighted by Crippen LogP contribution is 2.26. The molecule has 0 saturated heterocycles. The van der Waals surface area contributed by atoms with Crippen LogP contribution in [0.4, 0.5) is 17.6 Å². The summed E-state index contributed by atoms with van der Waals surface area (Å²) >= 11 is 0. The Hall–Kier alpha value is -1.79. The van der Waals surface area contributed by atoms with Gasteiger partial charge in [0.2, 0.25) is 0 Å². The quantitative estimate of drug-likeness (QED) is 0.784. The molecule has 0 heterocycles. The Morgan fingerprint density at radius 2 is 1.93 bits per heavy atom. The average molecular weight is 224 g/mol. The Labute approximate surface area is 80.9 Å². The Bertz CT molecular complexity index is 386. The first-order valence-corrected chi connectivity index (χ1v) is 3.58. The number of ether oxygens (including phenoxy) is 1. The van der Waals surface area contributed by atoms with Crippen LogP contribution >= 0.6 is 0 Å². The molecule has 0 spiro atoms. The number of carboxylic acid groups (broad SMARTS) is 1. The molecule has 1 N–H and O–H groups in total. The minimum atomic E-state index is -5.01. The number of benzene rings is 1. The molecule has 1 aromatic carbocycles. The molecule has 1 rings (SSSR count). The van der Waals surface area contributed by atoms with Crippen LogP contribution in [0.15, 0.2) is 18.2 Å². The molecule has 0 fully saturated rings. The second-order valence-electron chi connectivity index (χ2n) is 2.49. The Kier molecular flexibility index (Phi) is 2.83. The fourth-order valence-corrected chi connectivity index (χ4v) is 0.883. The molecule has 3 nitrogen and oxygen atoms in total. The van der Waals surface area contributed by atoms with Gasteiger partial charge in [-0.3, -0.25) is 0 Å². The van der Waals surface area contributed by atoms with Crippen LogP contribution in [0.2, 0.25) is 0 Å². The number of rotatable bonds is 2. The van der Waals surface area contributed by atoms with Gasteiger partial charge in [-0.15, -0.1) is 13.2 Å². The molecular weight excluding hydrogens is 220 g/mol. The van der Waals surface area contributed by atoms with Gasteiger partial charge in [-0.1, -0.05) is 0 Å². The van der Waals surface area contributed by atoms with E-state index in [0.717, 1.165) is 0 Å². The van der Waals surface area contributed by atoms with Gasteiger partial charge in [0.05, 0.1) is 0 Å². The molecule has 0 amide bonds. The van der Waals surface area contributed by atoms with E-state index in [1.807, 2.05) is 0 Å². The molecule has 82 valence electrons. The van der Waals surface area contributed by atoms with Crippen molar-refractivity contribution in [2.75, 3.05) is 0 Å². The second-order valence-corrected chi connectivity index (χ2v) is 2.49. The van der Waals surface area contributed by atoms with Crippen molar-refractivity contribution in [3.63, 3.8) is 0 Å². The minimum absolute atomic E-state index is 0.448. The maximum absolute atomic E-state index is 12.5. The Morgan fingerprint density at radius 3 is 2.40 bits per heavy atom. The predicted molar refractivity (Wildman–Crippen MR) is 40.0 cm³/mol. The summed E-state index contributed by atoms with van der Waals surface area (Å²) in [6.07, 6.45) is -5.01. The fraction of sp³-hybridized carbons (Fsp3) is 0.125. The lowest BCUT2D eigenvalue weighted by atomic mass is 10.2. The van der Waals surface area contributed by atoms with E-state index in [4.69, 9.17) is 5.11 Å². The highest BCUT2D eigenvalue weighted by Gasteiger charge is 2.33. The van der Waals surface area contributed by atoms with Crippen LogP contribution in [-0.4, -0.2) is 17.4 Å². The lowest BCUT2D eigenvalue weighted by Gasteiger charge is -2.10. The summed E-state index contributed by atoms with van der Waals surface area (Å²) < 4.78 is 51.3.